The van der Waals surface area contributed by atoms with E-state index < -0.39 is 5.91 Å². The second-order valence-corrected chi connectivity index (χ2v) is 6.88. The van der Waals surface area contributed by atoms with Gasteiger partial charge in [-0.3, -0.25) is 4.79 Å². The molecule has 29 heavy (non-hydrogen) atoms. The molecular formula is C24H19ClN2O2. The molecule has 4 nitrogen and oxygen atoms in total. The van der Waals surface area contributed by atoms with Crippen LogP contribution in [-0.4, -0.2) is 5.91 Å². The third-order valence-electron chi connectivity index (χ3n) is 4.18. The minimum Gasteiger partial charge on any atom is -0.488 e. The second-order valence-electron chi connectivity index (χ2n) is 6.45. The summed E-state index contributed by atoms with van der Waals surface area (Å²) in [6, 6.07) is 24.1. The minimum absolute atomic E-state index is 0.0311. The summed E-state index contributed by atoms with van der Waals surface area (Å²) < 4.78 is 5.92. The smallest absolute Gasteiger partial charge is 0.266 e. The Morgan fingerprint density at radius 3 is 2.59 bits per heavy atom. The number of nitrogens with one attached hydrogen (secondary N) is 1. The van der Waals surface area contributed by atoms with Crippen molar-refractivity contribution in [3.8, 4) is 11.8 Å². The zero-order valence-electron chi connectivity index (χ0n) is 15.9. The molecule has 0 spiro atoms. The maximum absolute atomic E-state index is 12.5. The fourth-order valence-corrected chi connectivity index (χ4v) is 2.84. The van der Waals surface area contributed by atoms with E-state index in [0.717, 1.165) is 5.56 Å². The van der Waals surface area contributed by atoms with Gasteiger partial charge in [0.2, 0.25) is 0 Å². The maximum Gasteiger partial charge on any atom is 0.266 e. The number of aryl methyl sites for hydroxylation is 1. The fraction of sp³-hybridized carbons (Fsp3) is 0.0833. The van der Waals surface area contributed by atoms with E-state index in [4.69, 9.17) is 16.3 Å². The molecule has 3 aromatic rings. The molecule has 0 aliphatic rings. The Balaban J connectivity index is 1.77. The Labute approximate surface area is 175 Å². The first-order chi connectivity index (χ1) is 14.0. The van der Waals surface area contributed by atoms with Gasteiger partial charge in [-0.25, -0.2) is 0 Å². The highest BCUT2D eigenvalue weighted by molar-refractivity contribution is 6.31. The van der Waals surface area contributed by atoms with E-state index in [1.54, 1.807) is 30.3 Å². The molecule has 0 fully saturated rings. The van der Waals surface area contributed by atoms with Gasteiger partial charge in [0, 0.05) is 16.3 Å². The van der Waals surface area contributed by atoms with E-state index in [2.05, 4.69) is 5.32 Å². The molecule has 144 valence electrons. The van der Waals surface area contributed by atoms with Crippen molar-refractivity contribution >= 4 is 29.3 Å². The monoisotopic (exact) mass is 402 g/mol. The normalized spacial score (nSPS) is 10.9. The highest BCUT2D eigenvalue weighted by Gasteiger charge is 2.11. The van der Waals surface area contributed by atoms with Gasteiger partial charge in [0.1, 0.15) is 24.0 Å². The molecule has 0 atom stereocenters. The molecule has 1 amide bonds. The summed E-state index contributed by atoms with van der Waals surface area (Å²) in [5.74, 6) is 0.0829. The van der Waals surface area contributed by atoms with Crippen molar-refractivity contribution in [2.45, 2.75) is 13.5 Å². The Hall–Kier alpha value is -3.55. The van der Waals surface area contributed by atoms with Gasteiger partial charge < -0.3 is 10.1 Å². The zero-order valence-corrected chi connectivity index (χ0v) is 16.6. The number of carbonyl (C=O) groups is 1. The molecule has 0 saturated heterocycles. The summed E-state index contributed by atoms with van der Waals surface area (Å²) in [6.07, 6.45) is 1.52. The third-order valence-corrected chi connectivity index (χ3v) is 4.42. The van der Waals surface area contributed by atoms with Crippen molar-refractivity contribution in [2.75, 3.05) is 5.32 Å². The lowest BCUT2D eigenvalue weighted by Crippen LogP contribution is -2.13. The number of hydrogen-bond donors (Lipinski definition) is 1. The number of hydrogen-bond acceptors (Lipinski definition) is 3. The molecule has 3 aromatic carbocycles. The lowest BCUT2D eigenvalue weighted by molar-refractivity contribution is -0.112. The highest BCUT2D eigenvalue weighted by Crippen LogP contribution is 2.23. The van der Waals surface area contributed by atoms with Gasteiger partial charge in [0.15, 0.2) is 0 Å². The summed E-state index contributed by atoms with van der Waals surface area (Å²) in [4.78, 5) is 12.5. The van der Waals surface area contributed by atoms with Crippen LogP contribution < -0.4 is 10.1 Å². The summed E-state index contributed by atoms with van der Waals surface area (Å²) in [5.41, 5.74) is 3.36. The number of ether oxygens (including phenoxy) is 1. The fourth-order valence-electron chi connectivity index (χ4n) is 2.65. The van der Waals surface area contributed by atoms with Crippen molar-refractivity contribution in [1.29, 1.82) is 5.26 Å². The Bertz CT molecular complexity index is 1080. The zero-order chi connectivity index (χ0) is 20.6. The first-order valence-corrected chi connectivity index (χ1v) is 9.39. The highest BCUT2D eigenvalue weighted by atomic mass is 35.5. The molecule has 0 aromatic heterocycles. The molecular weight excluding hydrogens is 384 g/mol. The Kier molecular flexibility index (Phi) is 6.67. The summed E-state index contributed by atoms with van der Waals surface area (Å²) >= 11 is 5.94. The topological polar surface area (TPSA) is 62.1 Å². The third kappa shape index (κ3) is 5.71. The van der Waals surface area contributed by atoms with Crippen LogP contribution in [-0.2, 0) is 11.4 Å². The molecule has 0 heterocycles. The van der Waals surface area contributed by atoms with Gasteiger partial charge in [-0.2, -0.15) is 5.26 Å². The lowest BCUT2D eigenvalue weighted by atomic mass is 10.1. The average molecular weight is 403 g/mol. The Morgan fingerprint density at radius 2 is 1.86 bits per heavy atom. The van der Waals surface area contributed by atoms with E-state index in [1.165, 1.54) is 11.6 Å². The van der Waals surface area contributed by atoms with Crippen LogP contribution in [0.3, 0.4) is 0 Å². The predicted octanol–water partition coefficient (Wildman–Crippen LogP) is 5.77. The molecule has 0 aliphatic heterocycles. The van der Waals surface area contributed by atoms with Crippen LogP contribution in [0.1, 0.15) is 16.7 Å². The van der Waals surface area contributed by atoms with E-state index >= 15 is 0 Å². The SMILES string of the molecule is Cc1ccc(COc2ccccc2/C=C(\C#N)C(=O)Nc2cccc(Cl)c2)cc1. The first kappa shape index (κ1) is 20.2. The summed E-state index contributed by atoms with van der Waals surface area (Å²) in [7, 11) is 0. The van der Waals surface area contributed by atoms with Crippen LogP contribution in [0.25, 0.3) is 6.08 Å². The predicted molar refractivity (Wildman–Crippen MR) is 116 cm³/mol. The molecule has 0 unspecified atom stereocenters. The van der Waals surface area contributed by atoms with Crippen molar-refractivity contribution < 1.29 is 9.53 Å². The van der Waals surface area contributed by atoms with Crippen LogP contribution in [0.2, 0.25) is 5.02 Å². The number of amides is 1. The number of nitriles is 1. The lowest BCUT2D eigenvalue weighted by Gasteiger charge is -2.10. The van der Waals surface area contributed by atoms with Gasteiger partial charge in [-0.05, 0) is 42.8 Å². The molecule has 0 bridgehead atoms. The first-order valence-electron chi connectivity index (χ1n) is 9.01. The van der Waals surface area contributed by atoms with E-state index in [9.17, 15) is 10.1 Å². The van der Waals surface area contributed by atoms with E-state index in [0.29, 0.717) is 28.6 Å². The van der Waals surface area contributed by atoms with Crippen LogP contribution in [0, 0.1) is 18.3 Å². The Morgan fingerprint density at radius 1 is 1.10 bits per heavy atom. The van der Waals surface area contributed by atoms with Gasteiger partial charge in [0.05, 0.1) is 0 Å². The van der Waals surface area contributed by atoms with Crippen molar-refractivity contribution in [1.82, 2.24) is 0 Å². The maximum atomic E-state index is 12.5. The molecule has 5 heteroatoms. The number of rotatable bonds is 6. The quantitative estimate of drug-likeness (QED) is 0.420. The second kappa shape index (κ2) is 9.59. The number of halogens is 1. The van der Waals surface area contributed by atoms with Crippen LogP contribution in [0.15, 0.2) is 78.4 Å². The number of carbonyl (C=O) groups excluding carboxylic acids is 1. The number of para-hydroxylation sites is 1. The van der Waals surface area contributed by atoms with E-state index in [-0.39, 0.29) is 5.57 Å². The largest absolute Gasteiger partial charge is 0.488 e. The molecule has 0 saturated carbocycles. The van der Waals surface area contributed by atoms with Crippen molar-refractivity contribution in [3.05, 3.63) is 100 Å². The molecule has 0 aliphatic carbocycles. The number of nitrogens with zero attached hydrogens (tertiary/aromatic N) is 1. The van der Waals surface area contributed by atoms with E-state index in [1.807, 2.05) is 55.5 Å². The standard InChI is InChI=1S/C24H19ClN2O2/c1-17-9-11-18(12-10-17)16-29-23-8-3-2-5-19(23)13-20(15-26)24(28)27-22-7-4-6-21(25)14-22/h2-14H,16H2,1H3,(H,27,28)/b20-13+. The van der Waals surface area contributed by atoms with Gasteiger partial charge >= 0.3 is 0 Å². The summed E-state index contributed by atoms with van der Waals surface area (Å²) in [6.45, 7) is 2.42. The van der Waals surface area contributed by atoms with Crippen molar-refractivity contribution in [2.24, 2.45) is 0 Å². The van der Waals surface area contributed by atoms with Gasteiger partial charge in [-0.15, -0.1) is 0 Å². The summed E-state index contributed by atoms with van der Waals surface area (Å²) in [5, 5.41) is 12.7. The molecule has 0 radical (unpaired) electrons. The van der Waals surface area contributed by atoms with Crippen LogP contribution in [0.4, 0.5) is 5.69 Å². The van der Waals surface area contributed by atoms with Crippen molar-refractivity contribution in [3.63, 3.8) is 0 Å². The number of anilines is 1. The van der Waals surface area contributed by atoms with Gasteiger partial charge in [0.25, 0.3) is 5.91 Å². The van der Waals surface area contributed by atoms with Crippen LogP contribution in [0.5, 0.6) is 5.75 Å². The molecule has 3 rings (SSSR count). The molecule has 1 N–H and O–H groups in total. The minimum atomic E-state index is -0.511. The van der Waals surface area contributed by atoms with Gasteiger partial charge in [-0.1, -0.05) is 65.7 Å². The van der Waals surface area contributed by atoms with Crippen LogP contribution >= 0.6 is 11.6 Å². The number of benzene rings is 3. The average Bonchev–Trinajstić information content (AvgIpc) is 2.72.